The maximum absolute atomic E-state index is 12.0. The van der Waals surface area contributed by atoms with Crippen molar-refractivity contribution in [2.45, 2.75) is 342 Å². The van der Waals surface area contributed by atoms with Crippen molar-refractivity contribution in [3.63, 3.8) is 0 Å². The Bertz CT molecular complexity index is 4530. The molecule has 4 aromatic rings. The number of aliphatic hydroxyl groups excluding tert-OH is 3. The van der Waals surface area contributed by atoms with E-state index in [1.165, 1.54) is 146 Å². The van der Waals surface area contributed by atoms with E-state index >= 15 is 0 Å². The highest BCUT2D eigenvalue weighted by atomic mass is 127. The Balaban J connectivity index is 0.000000300. The van der Waals surface area contributed by atoms with Crippen LogP contribution in [-0.4, -0.2) is 271 Å². The van der Waals surface area contributed by atoms with Crippen LogP contribution < -0.4 is 9.47 Å². The molecule has 4 aromatic carbocycles. The third kappa shape index (κ3) is 31.0. The monoisotopic (exact) mass is 2100 g/mol. The largest absolute Gasteiger partial charge is 0.507 e. The number of aromatic hydroxyl groups is 4. The molecule has 0 radical (unpaired) electrons. The summed E-state index contributed by atoms with van der Waals surface area (Å²) in [6.45, 7) is 32.8. The lowest BCUT2D eigenvalue weighted by atomic mass is 9.74. The molecule has 7 aliphatic heterocycles. The molecular formula is C101H151Cl3IN5O27. The Morgan fingerprint density at radius 3 is 1.21 bits per heavy atom. The highest BCUT2D eigenvalue weighted by Gasteiger charge is 2.55. The van der Waals surface area contributed by atoms with E-state index in [0.717, 1.165) is 144 Å². The Hall–Kier alpha value is -7.54. The number of halogens is 4. The molecule has 0 spiro atoms. The van der Waals surface area contributed by atoms with E-state index in [-0.39, 0.29) is 94.4 Å². The number of rotatable bonds is 18. The van der Waals surface area contributed by atoms with Gasteiger partial charge in [-0.1, -0.05) is 135 Å². The van der Waals surface area contributed by atoms with Crippen molar-refractivity contribution in [3.05, 3.63) is 104 Å². The maximum atomic E-state index is 12.0. The van der Waals surface area contributed by atoms with Gasteiger partial charge in [-0.15, -0.1) is 24.0 Å². The normalized spacial score (nSPS) is 28.7. The maximum Gasteiger partial charge on any atom is 0.373 e. The number of ether oxygens (including phenoxy) is 11. The van der Waals surface area contributed by atoms with Gasteiger partial charge in [-0.2, -0.15) is 19.2 Å². The molecule has 4 aliphatic carbocycles. The summed E-state index contributed by atoms with van der Waals surface area (Å²) in [6.07, 6.45) is 10.3. The standard InChI is InChI=1S/C28H41NO6.C21H31NO6.C17H25NO.C16H23NO2.C14H18Cl3NO8.2CO2.3CH4.HI/c1-7-12-29-13-8-9-22-14-23-21(15-24(22)29)11-10-16(2)25(23)35-28-27(34-20(6)31)26(33-19(5)30)17(3)18(4)32-28;1-2-7-22-8-3-4-13-9-14-12(10-15(13)22)5-6-16(23)20(14)28-21-19(26)18(25)17(24)11-27-21;1-3-8-18-9-4-5-14-10-15-13(11-16(14)18)7-6-12(2)17(15)19;1-2-7-17-8-3-4-12-9-13-11(10-14(12)17)5-6-15(18)16(13)19;1-5-8(23-6(2)19)10(24-7(3)20)12(25-9(5)11(21)22-4)26-13(18)14(15,16)17;2*2-1-3;;;;/h10-11,17-18,22,24,26-28H,7-9,12-15H2,1-6H3;5-6,13,15,17-19,21,23-26H,2-4,7-11H2,1H3;6-7,14,16,19H,3-5,8-11H2,1-2H3;5-6,12,14,18-19H,2-4,7-10H2,1H3;5,8-10,12,18H,1-4H3;;;3*1H4;1H/t17-,18-,22-,24-,26+,27-,28+;13-,15-,17-,18+,19-,21+;14-,16-;12-,14-;5-,8-,9-,10+,12+;;;;;;/m11110....../s1. The summed E-state index contributed by atoms with van der Waals surface area (Å²) < 4.78 is 58.6. The van der Waals surface area contributed by atoms with E-state index in [1.807, 2.05) is 39.8 Å². The fraction of sp³-hybridized carbons (Fsp3) is 0.683. The number of aliphatic hydroxyl groups is 3. The van der Waals surface area contributed by atoms with Gasteiger partial charge in [-0.05, 0) is 282 Å². The molecule has 8 N–H and O–H groups in total. The van der Waals surface area contributed by atoms with Crippen LogP contribution in [0.5, 0.6) is 34.5 Å². The Kier molecular flexibility index (Phi) is 49.3. The van der Waals surface area contributed by atoms with E-state index < -0.39 is 113 Å². The fourth-order valence-corrected chi connectivity index (χ4v) is 21.5. The number of alkyl halides is 3. The third-order valence-corrected chi connectivity index (χ3v) is 28.2. The van der Waals surface area contributed by atoms with Crippen LogP contribution in [0.2, 0.25) is 0 Å². The zero-order chi connectivity index (χ0) is 97.6. The van der Waals surface area contributed by atoms with Crippen LogP contribution in [0.15, 0.2) is 48.5 Å². The first kappa shape index (κ1) is 120. The smallest absolute Gasteiger partial charge is 0.373 e. The highest BCUT2D eigenvalue weighted by molar-refractivity contribution is 14.0. The van der Waals surface area contributed by atoms with Crippen LogP contribution in [0, 0.1) is 54.8 Å². The topological polar surface area (TPSA) is 434 Å². The van der Waals surface area contributed by atoms with Gasteiger partial charge in [0.2, 0.25) is 37.0 Å². The van der Waals surface area contributed by atoms with E-state index in [2.05, 4.69) is 76.3 Å². The van der Waals surface area contributed by atoms with E-state index in [0.29, 0.717) is 53.4 Å². The van der Waals surface area contributed by atoms with Crippen LogP contribution in [0.4, 0.5) is 0 Å². The van der Waals surface area contributed by atoms with Crippen molar-refractivity contribution in [2.24, 2.45) is 35.5 Å². The lowest BCUT2D eigenvalue weighted by molar-refractivity contribution is -0.270. The SMILES string of the molecule is C.C.C.CCCN1CCC[C@@H]2Cc3c(ccc(C)c3O)C[C@H]21.CCCN1CCC[C@@H]2Cc3c(ccc(C)c3O[C@@H]3O[C@H](C)[C@@H](C)[C@H](OC(C)=O)[C@H]3OC(C)=O)C[C@H]21.CCCN1CCC[C@@H]2Cc3c(ccc(O)c3O)C[C@H]21.CCCN1CCC[C@@H]2Cc3c(ccc(O)c3O[C@@H]3OC[C@@H](O)[C@H](O)[C@H]3O)C[C@H]21.COC(=O)[C@H]1O[C@H](OC(=N)C(Cl)(Cl)Cl)[C@H](OC(C)=O)[C@@H](OC(C)=O)[C@@H]1C.I.O=C=O.O=C=O. The van der Waals surface area contributed by atoms with Gasteiger partial charge in [-0.25, -0.2) is 4.79 Å². The number of carbonyl (C=O) groups is 5. The summed E-state index contributed by atoms with van der Waals surface area (Å²) in [6, 6.07) is 18.3. The number of nitrogens with zero attached hydrogens (tertiary/aromatic N) is 4. The van der Waals surface area contributed by atoms with Crippen LogP contribution in [0.1, 0.15) is 231 Å². The van der Waals surface area contributed by atoms with Gasteiger partial charge in [0.15, 0.2) is 35.2 Å². The number of aryl methyl sites for hydroxylation is 2. The molecule has 0 amide bonds. The third-order valence-electron chi connectivity index (χ3n) is 27.7. The van der Waals surface area contributed by atoms with Crippen LogP contribution in [0.3, 0.4) is 0 Å². The number of nitrogens with one attached hydrogen (secondary N) is 1. The number of hydrogen-bond acceptors (Lipinski definition) is 32. The van der Waals surface area contributed by atoms with Gasteiger partial charge in [0, 0.05) is 74.8 Å². The van der Waals surface area contributed by atoms with Crippen molar-refractivity contribution in [3.8, 4) is 34.5 Å². The van der Waals surface area contributed by atoms with Crippen molar-refractivity contribution >= 4 is 107 Å². The summed E-state index contributed by atoms with van der Waals surface area (Å²) in [7, 11) is 1.14. The van der Waals surface area contributed by atoms with Crippen molar-refractivity contribution < 1.29 is 131 Å². The molecule has 32 nitrogen and oxygen atoms in total. The molecule has 7 saturated heterocycles. The molecule has 137 heavy (non-hydrogen) atoms. The lowest BCUT2D eigenvalue weighted by Gasteiger charge is -2.46. The minimum Gasteiger partial charge on any atom is -0.507 e. The number of likely N-dealkylation sites (tertiary alicyclic amines) is 4. The average Bonchev–Trinajstić information content (AvgIpc) is 0.776. The molecular weight excluding hydrogens is 1950 g/mol. The van der Waals surface area contributed by atoms with Crippen LogP contribution >= 0.6 is 58.8 Å². The fourth-order valence-electron chi connectivity index (χ4n) is 21.4. The Labute approximate surface area is 840 Å². The van der Waals surface area contributed by atoms with Gasteiger partial charge >= 0.3 is 42.1 Å². The number of carbonyl (C=O) groups excluding carboxylic acids is 9. The highest BCUT2D eigenvalue weighted by Crippen LogP contribution is 2.48. The lowest BCUT2D eigenvalue weighted by Crippen LogP contribution is -2.60. The number of benzene rings is 4. The molecule has 22 atom stereocenters. The molecule has 7 fully saturated rings. The zero-order valence-corrected chi connectivity index (χ0v) is 84.1. The number of phenolic OH excluding ortho intramolecular Hbond substituents is 4. The van der Waals surface area contributed by atoms with Gasteiger partial charge < -0.3 is 87.9 Å². The summed E-state index contributed by atoms with van der Waals surface area (Å²) in [4.78, 5) is 102. The van der Waals surface area contributed by atoms with Gasteiger partial charge in [0.1, 0.15) is 35.9 Å². The second kappa shape index (κ2) is 56.3. The molecule has 0 aromatic heterocycles. The molecule has 15 rings (SSSR count). The van der Waals surface area contributed by atoms with Crippen molar-refractivity contribution in [1.82, 2.24) is 19.6 Å². The molecule has 7 heterocycles. The molecule has 0 unspecified atom stereocenters. The minimum atomic E-state index is -2.23. The Morgan fingerprint density at radius 1 is 0.460 bits per heavy atom. The first-order valence-electron chi connectivity index (χ1n) is 46.9. The summed E-state index contributed by atoms with van der Waals surface area (Å²) in [5, 5.41) is 77.8. The number of fused-ring (bicyclic) bond motifs is 8. The predicted molar refractivity (Wildman–Crippen MR) is 524 cm³/mol. The molecule has 11 aliphatic rings. The molecule has 0 saturated carbocycles. The summed E-state index contributed by atoms with van der Waals surface area (Å²) in [5.74, 6) is -0.491. The van der Waals surface area contributed by atoms with E-state index in [1.54, 1.807) is 12.1 Å². The number of hydrogen-bond donors (Lipinski definition) is 8. The minimum absolute atomic E-state index is 0. The summed E-state index contributed by atoms with van der Waals surface area (Å²) in [5.41, 5.74) is 11.6. The average molecular weight is 2100 g/mol. The second-order valence-electron chi connectivity index (χ2n) is 36.8. The van der Waals surface area contributed by atoms with E-state index in [4.69, 9.17) is 107 Å². The zero-order valence-electron chi connectivity index (χ0n) is 79.5. The number of piperidine rings is 4. The molecule has 770 valence electrons. The molecule has 0 bridgehead atoms. The second-order valence-corrected chi connectivity index (χ2v) is 39.0. The predicted octanol–water partition coefficient (Wildman–Crippen LogP) is 14.1. The first-order valence-corrected chi connectivity index (χ1v) is 48.1. The van der Waals surface area contributed by atoms with E-state index in [9.17, 15) is 59.7 Å². The number of phenols is 4. The van der Waals surface area contributed by atoms with Crippen molar-refractivity contribution in [2.75, 3.05) is 66.1 Å². The Morgan fingerprint density at radius 2 is 0.810 bits per heavy atom. The van der Waals surface area contributed by atoms with Crippen molar-refractivity contribution in [1.29, 1.82) is 5.41 Å². The van der Waals surface area contributed by atoms with Gasteiger partial charge in [-0.3, -0.25) is 44.2 Å². The van der Waals surface area contributed by atoms with Crippen LogP contribution in [0.25, 0.3) is 0 Å². The summed E-state index contributed by atoms with van der Waals surface area (Å²) >= 11 is 16.7. The number of methoxy groups -OCH3 is 1. The van der Waals surface area contributed by atoms with Gasteiger partial charge in [0.25, 0.3) is 3.79 Å². The first-order chi connectivity index (χ1) is 63.3. The van der Waals surface area contributed by atoms with Gasteiger partial charge in [0.05, 0.1) is 19.8 Å². The number of esters is 5. The molecule has 36 heteroatoms. The van der Waals surface area contributed by atoms with Crippen LogP contribution in [-0.2, 0) is 137 Å². The quantitative estimate of drug-likeness (QED) is 0.00872.